The maximum absolute atomic E-state index is 12.7. The molecule has 0 atom stereocenters. The molecule has 0 saturated heterocycles. The van der Waals surface area contributed by atoms with Crippen molar-refractivity contribution >= 4 is 32.9 Å². The predicted octanol–water partition coefficient (Wildman–Crippen LogP) is 3.44. The van der Waals surface area contributed by atoms with E-state index in [4.69, 9.17) is 6.42 Å². The van der Waals surface area contributed by atoms with Crippen LogP contribution < -0.4 is 5.56 Å². The molecule has 0 aliphatic rings. The fourth-order valence-electron chi connectivity index (χ4n) is 2.29. The number of aromatic nitrogens is 2. The summed E-state index contributed by atoms with van der Waals surface area (Å²) in [6, 6.07) is 4.02. The van der Waals surface area contributed by atoms with E-state index in [2.05, 4.69) is 10.9 Å². The minimum atomic E-state index is -0.0433. The van der Waals surface area contributed by atoms with Gasteiger partial charge < -0.3 is 0 Å². The van der Waals surface area contributed by atoms with Gasteiger partial charge in [-0.3, -0.25) is 9.36 Å². The largest absolute Gasteiger partial charge is 0.284 e. The van der Waals surface area contributed by atoms with E-state index < -0.39 is 0 Å². The van der Waals surface area contributed by atoms with E-state index in [-0.39, 0.29) is 12.1 Å². The van der Waals surface area contributed by atoms with Crippen LogP contribution in [-0.4, -0.2) is 9.55 Å². The Morgan fingerprint density at radius 2 is 2.25 bits per heavy atom. The van der Waals surface area contributed by atoms with Crippen molar-refractivity contribution in [3.63, 3.8) is 0 Å². The lowest BCUT2D eigenvalue weighted by Crippen LogP contribution is -2.23. The van der Waals surface area contributed by atoms with E-state index in [1.807, 2.05) is 31.4 Å². The minimum Gasteiger partial charge on any atom is -0.284 e. The van der Waals surface area contributed by atoms with Crippen molar-refractivity contribution < 1.29 is 0 Å². The summed E-state index contributed by atoms with van der Waals surface area (Å²) in [6.45, 7) is 4.10. The second-order valence-electron chi connectivity index (χ2n) is 4.45. The van der Waals surface area contributed by atoms with Gasteiger partial charge in [0, 0.05) is 15.3 Å². The maximum atomic E-state index is 12.7. The van der Waals surface area contributed by atoms with Crippen LogP contribution in [0.2, 0.25) is 0 Å². The zero-order valence-corrected chi connectivity index (χ0v) is 12.8. The summed E-state index contributed by atoms with van der Waals surface area (Å²) in [6.07, 6.45) is 5.35. The highest BCUT2D eigenvalue weighted by molar-refractivity contribution is 7.20. The third-order valence-corrected chi connectivity index (χ3v) is 5.08. The van der Waals surface area contributed by atoms with Gasteiger partial charge in [0.05, 0.1) is 11.9 Å². The van der Waals surface area contributed by atoms with Gasteiger partial charge in [-0.2, -0.15) is 0 Å². The number of rotatable bonds is 2. The summed E-state index contributed by atoms with van der Waals surface area (Å²) in [5, 5.41) is 2.70. The van der Waals surface area contributed by atoms with Crippen molar-refractivity contribution in [2.75, 3.05) is 0 Å². The number of nitrogens with zero attached hydrogens (tertiary/aromatic N) is 2. The van der Waals surface area contributed by atoms with E-state index >= 15 is 0 Å². The van der Waals surface area contributed by atoms with Crippen LogP contribution in [-0.2, 0) is 6.54 Å². The lowest BCUT2D eigenvalue weighted by molar-refractivity contribution is 0.743. The standard InChI is InChI=1S/C15H12N2OS2/c1-4-7-17-10(3)16-14-13(15(17)18)12(9(2)20-14)11-6-5-8-19-11/h1,5-6,8H,7H2,2-3H3. The summed E-state index contributed by atoms with van der Waals surface area (Å²) < 4.78 is 1.56. The van der Waals surface area contributed by atoms with E-state index in [9.17, 15) is 4.79 Å². The molecule has 3 aromatic heterocycles. The molecule has 0 aliphatic carbocycles. The Morgan fingerprint density at radius 3 is 2.90 bits per heavy atom. The molecule has 0 amide bonds. The lowest BCUT2D eigenvalue weighted by Gasteiger charge is -2.06. The normalized spacial score (nSPS) is 10.8. The molecule has 3 nitrogen and oxygen atoms in total. The molecule has 3 heterocycles. The Morgan fingerprint density at radius 1 is 1.45 bits per heavy atom. The molecule has 3 aromatic rings. The van der Waals surface area contributed by atoms with E-state index in [0.29, 0.717) is 11.2 Å². The van der Waals surface area contributed by atoms with Crippen LogP contribution in [0.25, 0.3) is 20.7 Å². The zero-order chi connectivity index (χ0) is 14.3. The van der Waals surface area contributed by atoms with Crippen LogP contribution in [0.3, 0.4) is 0 Å². The third kappa shape index (κ3) is 1.89. The van der Waals surface area contributed by atoms with Gasteiger partial charge in [0.15, 0.2) is 0 Å². The van der Waals surface area contributed by atoms with Gasteiger partial charge in [-0.05, 0) is 25.3 Å². The number of hydrogen-bond donors (Lipinski definition) is 0. The summed E-state index contributed by atoms with van der Waals surface area (Å²) in [7, 11) is 0. The summed E-state index contributed by atoms with van der Waals surface area (Å²) >= 11 is 3.19. The van der Waals surface area contributed by atoms with Gasteiger partial charge in [-0.25, -0.2) is 4.98 Å². The first-order chi connectivity index (χ1) is 9.63. The fourth-order valence-corrected chi connectivity index (χ4v) is 4.26. The average molecular weight is 300 g/mol. The van der Waals surface area contributed by atoms with Crippen molar-refractivity contribution in [3.05, 3.63) is 38.6 Å². The van der Waals surface area contributed by atoms with Crippen molar-refractivity contribution in [2.45, 2.75) is 20.4 Å². The Hall–Kier alpha value is -1.90. The number of aryl methyl sites for hydroxylation is 2. The SMILES string of the molecule is C#CCn1c(C)nc2sc(C)c(-c3cccs3)c2c1=O. The molecule has 0 saturated carbocycles. The first-order valence-corrected chi connectivity index (χ1v) is 7.81. The maximum Gasteiger partial charge on any atom is 0.263 e. The molecular formula is C15H12N2OS2. The molecule has 0 bridgehead atoms. The molecule has 3 rings (SSSR count). The second-order valence-corrected chi connectivity index (χ2v) is 6.60. The Bertz CT molecular complexity index is 879. The molecule has 20 heavy (non-hydrogen) atoms. The Kier molecular flexibility index (Phi) is 3.20. The highest BCUT2D eigenvalue weighted by Gasteiger charge is 2.18. The first-order valence-electron chi connectivity index (χ1n) is 6.11. The number of thiophene rings is 2. The van der Waals surface area contributed by atoms with Crippen LogP contribution in [0, 0.1) is 26.2 Å². The van der Waals surface area contributed by atoms with Crippen LogP contribution in [0.1, 0.15) is 10.7 Å². The molecule has 0 aliphatic heterocycles. The summed E-state index contributed by atoms with van der Waals surface area (Å²) in [5.74, 6) is 3.19. The van der Waals surface area contributed by atoms with Crippen molar-refractivity contribution in [3.8, 4) is 22.8 Å². The molecule has 0 aromatic carbocycles. The number of terminal acetylenes is 1. The highest BCUT2D eigenvalue weighted by atomic mass is 32.1. The molecule has 0 N–H and O–H groups in total. The van der Waals surface area contributed by atoms with Crippen molar-refractivity contribution in [1.82, 2.24) is 9.55 Å². The Balaban J connectivity index is 2.43. The molecule has 0 spiro atoms. The molecule has 0 fully saturated rings. The van der Waals surface area contributed by atoms with Gasteiger partial charge in [0.1, 0.15) is 10.7 Å². The van der Waals surface area contributed by atoms with Crippen LogP contribution in [0.15, 0.2) is 22.3 Å². The Labute approximate surface area is 124 Å². The number of hydrogen-bond acceptors (Lipinski definition) is 4. The molecule has 5 heteroatoms. The molecule has 0 radical (unpaired) electrons. The summed E-state index contributed by atoms with van der Waals surface area (Å²) in [5.41, 5.74) is 0.960. The van der Waals surface area contributed by atoms with E-state index in [1.165, 1.54) is 0 Å². The van der Waals surface area contributed by atoms with Gasteiger partial charge >= 0.3 is 0 Å². The van der Waals surface area contributed by atoms with Crippen LogP contribution in [0.5, 0.6) is 0 Å². The topological polar surface area (TPSA) is 34.9 Å². The zero-order valence-electron chi connectivity index (χ0n) is 11.1. The van der Waals surface area contributed by atoms with Gasteiger partial charge in [-0.1, -0.05) is 12.0 Å². The van der Waals surface area contributed by atoms with Crippen LogP contribution >= 0.6 is 22.7 Å². The monoisotopic (exact) mass is 300 g/mol. The van der Waals surface area contributed by atoms with Gasteiger partial charge in [0.2, 0.25) is 0 Å². The van der Waals surface area contributed by atoms with Gasteiger partial charge in [-0.15, -0.1) is 29.1 Å². The van der Waals surface area contributed by atoms with Crippen molar-refractivity contribution in [1.29, 1.82) is 0 Å². The molecule has 0 unspecified atom stereocenters. The summed E-state index contributed by atoms with van der Waals surface area (Å²) in [4.78, 5) is 20.3. The van der Waals surface area contributed by atoms with Crippen molar-refractivity contribution in [2.24, 2.45) is 0 Å². The smallest absolute Gasteiger partial charge is 0.263 e. The number of fused-ring (bicyclic) bond motifs is 1. The van der Waals surface area contributed by atoms with E-state index in [0.717, 1.165) is 20.1 Å². The van der Waals surface area contributed by atoms with Gasteiger partial charge in [0.25, 0.3) is 5.56 Å². The highest BCUT2D eigenvalue weighted by Crippen LogP contribution is 2.37. The minimum absolute atomic E-state index is 0.0433. The fraction of sp³-hybridized carbons (Fsp3) is 0.200. The van der Waals surface area contributed by atoms with E-state index in [1.54, 1.807) is 27.2 Å². The van der Waals surface area contributed by atoms with Crippen LogP contribution in [0.4, 0.5) is 0 Å². The molecule has 100 valence electrons. The predicted molar refractivity (Wildman–Crippen MR) is 85.5 cm³/mol. The first kappa shape index (κ1) is 13.1. The second kappa shape index (κ2) is 4.89. The third-order valence-electron chi connectivity index (χ3n) is 3.20. The average Bonchev–Trinajstić information content (AvgIpc) is 3.01. The lowest BCUT2D eigenvalue weighted by atomic mass is 10.1. The quantitative estimate of drug-likeness (QED) is 0.680. The molecular weight excluding hydrogens is 288 g/mol.